The van der Waals surface area contributed by atoms with Crippen LogP contribution in [-0.4, -0.2) is 28.9 Å². The highest BCUT2D eigenvalue weighted by Crippen LogP contribution is 2.35. The average molecular weight is 293 g/mol. The van der Waals surface area contributed by atoms with E-state index in [1.54, 1.807) is 0 Å². The summed E-state index contributed by atoms with van der Waals surface area (Å²) in [7, 11) is 0. The lowest BCUT2D eigenvalue weighted by Gasteiger charge is -2.34. The van der Waals surface area contributed by atoms with Gasteiger partial charge in [0.25, 0.3) is 0 Å². The molecule has 1 aliphatic rings. The third-order valence-corrected chi connectivity index (χ3v) is 4.83. The van der Waals surface area contributed by atoms with Crippen molar-refractivity contribution >= 4 is 22.5 Å². The van der Waals surface area contributed by atoms with E-state index in [0.717, 1.165) is 44.7 Å². The SMILES string of the molecule is CCn1nc(CC2(CCl)CCCOC2)c2ccccc21. The first-order valence-electron chi connectivity index (χ1n) is 7.36. The molecule has 1 saturated heterocycles. The van der Waals surface area contributed by atoms with Gasteiger partial charge in [-0.3, -0.25) is 4.68 Å². The summed E-state index contributed by atoms with van der Waals surface area (Å²) in [6.07, 6.45) is 3.13. The number of aromatic nitrogens is 2. The van der Waals surface area contributed by atoms with Gasteiger partial charge in [-0.05, 0) is 25.8 Å². The summed E-state index contributed by atoms with van der Waals surface area (Å²) in [5.74, 6) is 0.639. The zero-order valence-electron chi connectivity index (χ0n) is 11.9. The van der Waals surface area contributed by atoms with Crippen molar-refractivity contribution in [2.24, 2.45) is 5.41 Å². The van der Waals surface area contributed by atoms with Crippen LogP contribution in [0.25, 0.3) is 10.9 Å². The first-order chi connectivity index (χ1) is 9.78. The third kappa shape index (κ3) is 2.45. The molecule has 0 spiro atoms. The Morgan fingerprint density at radius 1 is 1.40 bits per heavy atom. The zero-order chi connectivity index (χ0) is 14.0. The number of benzene rings is 1. The van der Waals surface area contributed by atoms with Crippen LogP contribution in [0.3, 0.4) is 0 Å². The van der Waals surface area contributed by atoms with Crippen LogP contribution in [0.2, 0.25) is 0 Å². The molecule has 2 aromatic rings. The molecule has 4 heteroatoms. The van der Waals surface area contributed by atoms with Gasteiger partial charge in [0.1, 0.15) is 0 Å². The van der Waals surface area contributed by atoms with E-state index >= 15 is 0 Å². The van der Waals surface area contributed by atoms with Gasteiger partial charge in [-0.1, -0.05) is 18.2 Å². The maximum atomic E-state index is 6.26. The number of aryl methyl sites for hydroxylation is 1. The van der Waals surface area contributed by atoms with Crippen molar-refractivity contribution in [2.45, 2.75) is 32.7 Å². The topological polar surface area (TPSA) is 27.1 Å². The van der Waals surface area contributed by atoms with Crippen molar-refractivity contribution in [1.82, 2.24) is 9.78 Å². The largest absolute Gasteiger partial charge is 0.381 e. The lowest BCUT2D eigenvalue weighted by atomic mass is 9.80. The van der Waals surface area contributed by atoms with Crippen LogP contribution in [0.15, 0.2) is 24.3 Å². The first-order valence-corrected chi connectivity index (χ1v) is 7.89. The Morgan fingerprint density at radius 3 is 2.95 bits per heavy atom. The third-order valence-electron chi connectivity index (χ3n) is 4.26. The molecule has 3 rings (SSSR count). The molecule has 1 aromatic heterocycles. The van der Waals surface area contributed by atoms with Crippen LogP contribution in [-0.2, 0) is 17.7 Å². The van der Waals surface area contributed by atoms with Gasteiger partial charge in [0.2, 0.25) is 0 Å². The average Bonchev–Trinajstić information content (AvgIpc) is 2.86. The Balaban J connectivity index is 1.97. The Kier molecular flexibility index (Phi) is 3.99. The van der Waals surface area contributed by atoms with Crippen molar-refractivity contribution in [2.75, 3.05) is 19.1 Å². The van der Waals surface area contributed by atoms with Crippen LogP contribution < -0.4 is 0 Å². The number of halogens is 1. The minimum atomic E-state index is 0.0511. The smallest absolute Gasteiger partial charge is 0.0710 e. The number of fused-ring (bicyclic) bond motifs is 1. The standard InChI is InChI=1S/C16H21ClN2O/c1-2-19-15-7-4-3-6-13(15)14(18-19)10-16(11-17)8-5-9-20-12-16/h3-4,6-7H,2,5,8-12H2,1H3. The van der Waals surface area contributed by atoms with Gasteiger partial charge in [0.15, 0.2) is 0 Å². The van der Waals surface area contributed by atoms with Crippen molar-refractivity contribution < 1.29 is 4.74 Å². The van der Waals surface area contributed by atoms with Gasteiger partial charge in [0.05, 0.1) is 17.8 Å². The minimum Gasteiger partial charge on any atom is -0.381 e. The highest BCUT2D eigenvalue weighted by Gasteiger charge is 2.33. The fraction of sp³-hybridized carbons (Fsp3) is 0.562. The number of para-hydroxylation sites is 1. The molecular formula is C16H21ClN2O. The number of nitrogens with zero attached hydrogens (tertiary/aromatic N) is 2. The van der Waals surface area contributed by atoms with Crippen LogP contribution >= 0.6 is 11.6 Å². The number of rotatable bonds is 4. The molecule has 20 heavy (non-hydrogen) atoms. The predicted molar refractivity (Wildman–Crippen MR) is 82.3 cm³/mol. The molecule has 2 heterocycles. The molecule has 0 radical (unpaired) electrons. The summed E-state index contributed by atoms with van der Waals surface area (Å²) >= 11 is 6.26. The Hall–Kier alpha value is -1.06. The van der Waals surface area contributed by atoms with Crippen molar-refractivity contribution in [3.05, 3.63) is 30.0 Å². The van der Waals surface area contributed by atoms with E-state index in [1.165, 1.54) is 10.9 Å². The number of ether oxygens (including phenoxy) is 1. The van der Waals surface area contributed by atoms with Gasteiger partial charge in [-0.15, -0.1) is 11.6 Å². The second-order valence-corrected chi connectivity index (χ2v) is 6.01. The normalized spacial score (nSPS) is 23.3. The van der Waals surface area contributed by atoms with Gasteiger partial charge in [0, 0.05) is 36.3 Å². The molecular weight excluding hydrogens is 272 g/mol. The number of alkyl halides is 1. The highest BCUT2D eigenvalue weighted by molar-refractivity contribution is 6.18. The lowest BCUT2D eigenvalue weighted by molar-refractivity contribution is 0.00439. The van der Waals surface area contributed by atoms with Gasteiger partial charge in [-0.2, -0.15) is 5.10 Å². The fourth-order valence-corrected chi connectivity index (χ4v) is 3.43. The van der Waals surface area contributed by atoms with Crippen LogP contribution in [0.1, 0.15) is 25.5 Å². The van der Waals surface area contributed by atoms with Crippen LogP contribution in [0.4, 0.5) is 0 Å². The summed E-state index contributed by atoms with van der Waals surface area (Å²) in [6.45, 7) is 4.64. The van der Waals surface area contributed by atoms with Gasteiger partial charge >= 0.3 is 0 Å². The minimum absolute atomic E-state index is 0.0511. The molecule has 1 atom stereocenters. The van der Waals surface area contributed by atoms with Gasteiger partial charge in [-0.25, -0.2) is 0 Å². The molecule has 1 unspecified atom stereocenters. The second kappa shape index (κ2) is 5.74. The summed E-state index contributed by atoms with van der Waals surface area (Å²) in [6, 6.07) is 8.45. The van der Waals surface area contributed by atoms with E-state index in [1.807, 2.05) is 0 Å². The summed E-state index contributed by atoms with van der Waals surface area (Å²) in [5.41, 5.74) is 2.43. The van der Waals surface area contributed by atoms with Crippen molar-refractivity contribution in [3.8, 4) is 0 Å². The van der Waals surface area contributed by atoms with Crippen molar-refractivity contribution in [1.29, 1.82) is 0 Å². The molecule has 108 valence electrons. The molecule has 0 bridgehead atoms. The summed E-state index contributed by atoms with van der Waals surface area (Å²) in [5, 5.41) is 6.05. The maximum absolute atomic E-state index is 6.26. The van der Waals surface area contributed by atoms with E-state index in [0.29, 0.717) is 5.88 Å². The second-order valence-electron chi connectivity index (χ2n) is 5.75. The lowest BCUT2D eigenvalue weighted by Crippen LogP contribution is -2.35. The molecule has 1 aromatic carbocycles. The molecule has 0 N–H and O–H groups in total. The predicted octanol–water partition coefficient (Wildman–Crippen LogP) is 3.63. The molecule has 1 aliphatic heterocycles. The van der Waals surface area contributed by atoms with Crippen LogP contribution in [0.5, 0.6) is 0 Å². The van der Waals surface area contributed by atoms with E-state index < -0.39 is 0 Å². The maximum Gasteiger partial charge on any atom is 0.0710 e. The highest BCUT2D eigenvalue weighted by atomic mass is 35.5. The Bertz CT molecular complexity index is 587. The monoisotopic (exact) mass is 292 g/mol. The van der Waals surface area contributed by atoms with E-state index in [-0.39, 0.29) is 5.41 Å². The quantitative estimate of drug-likeness (QED) is 0.805. The molecule has 0 aliphatic carbocycles. The molecule has 1 fully saturated rings. The number of hydrogen-bond donors (Lipinski definition) is 0. The molecule has 0 amide bonds. The zero-order valence-corrected chi connectivity index (χ0v) is 12.7. The van der Waals surface area contributed by atoms with Gasteiger partial charge < -0.3 is 4.74 Å². The summed E-state index contributed by atoms with van der Waals surface area (Å²) in [4.78, 5) is 0. The molecule has 0 saturated carbocycles. The van der Waals surface area contributed by atoms with Crippen LogP contribution in [0, 0.1) is 5.41 Å². The van der Waals surface area contributed by atoms with Crippen molar-refractivity contribution in [3.63, 3.8) is 0 Å². The van der Waals surface area contributed by atoms with E-state index in [9.17, 15) is 0 Å². The Morgan fingerprint density at radius 2 is 2.25 bits per heavy atom. The number of hydrogen-bond acceptors (Lipinski definition) is 2. The summed E-state index contributed by atoms with van der Waals surface area (Å²) < 4.78 is 7.75. The van der Waals surface area contributed by atoms with E-state index in [2.05, 4.69) is 35.9 Å². The van der Waals surface area contributed by atoms with E-state index in [4.69, 9.17) is 21.4 Å². The fourth-order valence-electron chi connectivity index (χ4n) is 3.13. The first kappa shape index (κ1) is 13.9. The molecule has 3 nitrogen and oxygen atoms in total. The Labute approximate surface area is 124 Å².